The fraction of sp³-hybridized carbons (Fsp3) is 0.364. The fourth-order valence-electron chi connectivity index (χ4n) is 3.85. The summed E-state index contributed by atoms with van der Waals surface area (Å²) in [5.74, 6) is -1.41. The van der Waals surface area contributed by atoms with Crippen LogP contribution < -0.4 is 15.1 Å². The number of carbonyl (C=O) groups excluding carboxylic acids is 2. The van der Waals surface area contributed by atoms with Crippen LogP contribution in [0.15, 0.2) is 48.5 Å². The van der Waals surface area contributed by atoms with E-state index in [1.807, 2.05) is 24.3 Å². The molecular weight excluding hydrogens is 371 g/mol. The molecule has 1 N–H and O–H groups in total. The summed E-state index contributed by atoms with van der Waals surface area (Å²) in [6.07, 6.45) is 0.0829. The second kappa shape index (κ2) is 8.21. The number of anilines is 3. The third-order valence-electron chi connectivity index (χ3n) is 5.64. The van der Waals surface area contributed by atoms with E-state index in [1.165, 1.54) is 11.0 Å². The molecule has 4 rings (SSSR count). The van der Waals surface area contributed by atoms with Gasteiger partial charge in [-0.2, -0.15) is 0 Å². The van der Waals surface area contributed by atoms with Gasteiger partial charge in [-0.1, -0.05) is 12.1 Å². The highest BCUT2D eigenvalue weighted by Crippen LogP contribution is 2.28. The summed E-state index contributed by atoms with van der Waals surface area (Å²) in [4.78, 5) is 30.9. The third kappa shape index (κ3) is 4.24. The topological polar surface area (TPSA) is 55.9 Å². The average molecular weight is 396 g/mol. The summed E-state index contributed by atoms with van der Waals surface area (Å²) >= 11 is 0. The molecule has 0 radical (unpaired) electrons. The molecule has 2 aliphatic rings. The van der Waals surface area contributed by atoms with Crippen LogP contribution >= 0.6 is 0 Å². The molecule has 2 aliphatic heterocycles. The van der Waals surface area contributed by atoms with Crippen LogP contribution in [0.3, 0.4) is 0 Å². The lowest BCUT2D eigenvalue weighted by Crippen LogP contribution is -2.44. The largest absolute Gasteiger partial charge is 0.369 e. The molecule has 29 heavy (non-hydrogen) atoms. The predicted octanol–water partition coefficient (Wildman–Crippen LogP) is 2.57. The Hall–Kier alpha value is -2.93. The molecule has 1 atom stereocenters. The maximum atomic E-state index is 14.0. The summed E-state index contributed by atoms with van der Waals surface area (Å²) in [6.45, 7) is 4.22. The molecule has 2 heterocycles. The maximum absolute atomic E-state index is 14.0. The predicted molar refractivity (Wildman–Crippen MR) is 112 cm³/mol. The highest BCUT2D eigenvalue weighted by Gasteiger charge is 2.36. The van der Waals surface area contributed by atoms with Gasteiger partial charge in [-0.05, 0) is 43.4 Å². The van der Waals surface area contributed by atoms with Gasteiger partial charge in [0.25, 0.3) is 0 Å². The Morgan fingerprint density at radius 2 is 1.72 bits per heavy atom. The van der Waals surface area contributed by atoms with Crippen molar-refractivity contribution < 1.29 is 14.0 Å². The average Bonchev–Trinajstić information content (AvgIpc) is 3.11. The van der Waals surface area contributed by atoms with Crippen LogP contribution in [-0.2, 0) is 9.59 Å². The number of piperazine rings is 1. The highest BCUT2D eigenvalue weighted by atomic mass is 19.1. The number of hydrogen-bond donors (Lipinski definition) is 1. The standard InChI is InChI=1S/C22H25FN4O2/c1-25-10-12-26(13-11-25)18-8-6-17(7-9-18)24-22(29)16-14-21(28)27(15-16)20-5-3-2-4-19(20)23/h2-9,16H,10-15H2,1H3,(H,24,29). The third-order valence-corrected chi connectivity index (χ3v) is 5.64. The van der Waals surface area contributed by atoms with Gasteiger partial charge in [0, 0.05) is 50.5 Å². The Labute approximate surface area is 169 Å². The van der Waals surface area contributed by atoms with Crippen LogP contribution in [0.1, 0.15) is 6.42 Å². The zero-order valence-electron chi connectivity index (χ0n) is 16.5. The van der Waals surface area contributed by atoms with E-state index < -0.39 is 11.7 Å². The van der Waals surface area contributed by atoms with Crippen molar-refractivity contribution >= 4 is 28.9 Å². The number of nitrogens with one attached hydrogen (secondary N) is 1. The van der Waals surface area contributed by atoms with Crippen LogP contribution in [0.2, 0.25) is 0 Å². The minimum Gasteiger partial charge on any atom is -0.369 e. The lowest BCUT2D eigenvalue weighted by molar-refractivity contribution is -0.122. The van der Waals surface area contributed by atoms with Crippen LogP contribution in [0.5, 0.6) is 0 Å². The van der Waals surface area contributed by atoms with Gasteiger partial charge in [-0.25, -0.2) is 4.39 Å². The number of likely N-dealkylation sites (N-methyl/N-ethyl adjacent to an activating group) is 1. The normalized spacial score (nSPS) is 20.2. The molecule has 2 aromatic rings. The van der Waals surface area contributed by atoms with E-state index in [2.05, 4.69) is 22.2 Å². The second-order valence-corrected chi connectivity index (χ2v) is 7.68. The number of para-hydroxylation sites is 1. The van der Waals surface area contributed by atoms with Crippen LogP contribution in [0, 0.1) is 11.7 Å². The Kier molecular flexibility index (Phi) is 5.49. The number of amides is 2. The molecule has 0 aliphatic carbocycles. The first kappa shape index (κ1) is 19.4. The van der Waals surface area contributed by atoms with E-state index in [0.717, 1.165) is 31.9 Å². The van der Waals surface area contributed by atoms with E-state index in [0.29, 0.717) is 5.69 Å². The van der Waals surface area contributed by atoms with E-state index in [4.69, 9.17) is 0 Å². The molecule has 0 bridgehead atoms. The zero-order valence-corrected chi connectivity index (χ0v) is 16.5. The summed E-state index contributed by atoms with van der Waals surface area (Å²) in [7, 11) is 2.12. The summed E-state index contributed by atoms with van der Waals surface area (Å²) < 4.78 is 14.0. The maximum Gasteiger partial charge on any atom is 0.229 e. The molecule has 152 valence electrons. The monoisotopic (exact) mass is 396 g/mol. The Morgan fingerprint density at radius 1 is 1.03 bits per heavy atom. The molecule has 2 fully saturated rings. The van der Waals surface area contributed by atoms with Gasteiger partial charge in [0.15, 0.2) is 0 Å². The van der Waals surface area contributed by atoms with Crippen molar-refractivity contribution in [3.05, 3.63) is 54.3 Å². The van der Waals surface area contributed by atoms with Gasteiger partial charge >= 0.3 is 0 Å². The van der Waals surface area contributed by atoms with E-state index >= 15 is 0 Å². The number of nitrogens with zero attached hydrogens (tertiary/aromatic N) is 3. The van der Waals surface area contributed by atoms with Gasteiger partial charge in [-0.15, -0.1) is 0 Å². The smallest absolute Gasteiger partial charge is 0.229 e. The lowest BCUT2D eigenvalue weighted by atomic mass is 10.1. The number of halogens is 1. The van der Waals surface area contributed by atoms with Gasteiger partial charge in [0.2, 0.25) is 11.8 Å². The second-order valence-electron chi connectivity index (χ2n) is 7.68. The van der Waals surface area contributed by atoms with E-state index in [1.54, 1.807) is 18.2 Å². The fourth-order valence-corrected chi connectivity index (χ4v) is 3.85. The quantitative estimate of drug-likeness (QED) is 0.863. The van der Waals surface area contributed by atoms with Crippen LogP contribution in [0.4, 0.5) is 21.5 Å². The van der Waals surface area contributed by atoms with Crippen molar-refractivity contribution in [1.29, 1.82) is 0 Å². The van der Waals surface area contributed by atoms with Gasteiger partial charge in [0.1, 0.15) is 5.82 Å². The number of hydrogen-bond acceptors (Lipinski definition) is 4. The van der Waals surface area contributed by atoms with Gasteiger partial charge in [0.05, 0.1) is 11.6 Å². The number of rotatable bonds is 4. The molecule has 1 unspecified atom stereocenters. The molecule has 2 aromatic carbocycles. The molecule has 6 nitrogen and oxygen atoms in total. The Balaban J connectivity index is 1.37. The van der Waals surface area contributed by atoms with Crippen molar-refractivity contribution in [2.45, 2.75) is 6.42 Å². The molecule has 0 spiro atoms. The van der Waals surface area contributed by atoms with Crippen molar-refractivity contribution in [2.75, 3.05) is 54.9 Å². The Morgan fingerprint density at radius 3 is 2.41 bits per heavy atom. The first-order valence-corrected chi connectivity index (χ1v) is 9.90. The van der Waals surface area contributed by atoms with Crippen molar-refractivity contribution in [1.82, 2.24) is 4.90 Å². The van der Waals surface area contributed by atoms with Crippen molar-refractivity contribution in [3.8, 4) is 0 Å². The van der Waals surface area contributed by atoms with Gasteiger partial charge in [-0.3, -0.25) is 9.59 Å². The molecule has 0 saturated carbocycles. The zero-order chi connectivity index (χ0) is 20.4. The summed E-state index contributed by atoms with van der Waals surface area (Å²) in [5, 5.41) is 2.89. The molecular formula is C22H25FN4O2. The number of carbonyl (C=O) groups is 2. The van der Waals surface area contributed by atoms with Crippen molar-refractivity contribution in [2.24, 2.45) is 5.92 Å². The number of benzene rings is 2. The Bertz CT molecular complexity index is 894. The molecule has 2 amide bonds. The SMILES string of the molecule is CN1CCN(c2ccc(NC(=O)C3CC(=O)N(c4ccccc4F)C3)cc2)CC1. The molecule has 7 heteroatoms. The van der Waals surface area contributed by atoms with Crippen molar-refractivity contribution in [3.63, 3.8) is 0 Å². The molecule has 2 saturated heterocycles. The first-order chi connectivity index (χ1) is 14.0. The molecule has 0 aromatic heterocycles. The highest BCUT2D eigenvalue weighted by molar-refractivity contribution is 6.03. The summed E-state index contributed by atoms with van der Waals surface area (Å²) in [5.41, 5.74) is 2.06. The van der Waals surface area contributed by atoms with Crippen LogP contribution in [0.25, 0.3) is 0 Å². The lowest BCUT2D eigenvalue weighted by Gasteiger charge is -2.34. The minimum atomic E-state index is -0.501. The minimum absolute atomic E-state index is 0.0829. The van der Waals surface area contributed by atoms with Crippen LogP contribution in [-0.4, -0.2) is 56.5 Å². The summed E-state index contributed by atoms with van der Waals surface area (Å²) in [6, 6.07) is 13.9. The van der Waals surface area contributed by atoms with Gasteiger partial charge < -0.3 is 20.0 Å². The first-order valence-electron chi connectivity index (χ1n) is 9.90. The van der Waals surface area contributed by atoms with E-state index in [-0.39, 0.29) is 30.5 Å². The van der Waals surface area contributed by atoms with E-state index in [9.17, 15) is 14.0 Å².